The number of nitrogens with zero attached hydrogens (tertiary/aromatic N) is 1. The van der Waals surface area contributed by atoms with Crippen LogP contribution < -0.4 is 0 Å². The summed E-state index contributed by atoms with van der Waals surface area (Å²) in [6, 6.07) is 11.0. The highest BCUT2D eigenvalue weighted by Crippen LogP contribution is 2.21. The first kappa shape index (κ1) is 9.87. The van der Waals surface area contributed by atoms with Gasteiger partial charge in [-0.2, -0.15) is 0 Å². The summed E-state index contributed by atoms with van der Waals surface area (Å²) in [6.45, 7) is 0. The largest absolute Gasteiger partial charge is 0.296 e. The molecule has 3 heteroatoms. The van der Waals surface area contributed by atoms with Gasteiger partial charge < -0.3 is 0 Å². The van der Waals surface area contributed by atoms with Crippen molar-refractivity contribution >= 4 is 17.9 Å². The van der Waals surface area contributed by atoms with E-state index in [1.165, 1.54) is 0 Å². The number of hydrogen-bond donors (Lipinski definition) is 0. The molecule has 0 spiro atoms. The third kappa shape index (κ3) is 2.22. The molecular weight excluding hydrogens is 210 g/mol. The van der Waals surface area contributed by atoms with E-state index in [-0.39, 0.29) is 0 Å². The number of pyridine rings is 1. The normalized spacial score (nSPS) is 9.93. The second kappa shape index (κ2) is 4.24. The van der Waals surface area contributed by atoms with Crippen LogP contribution in [0.1, 0.15) is 10.5 Å². The van der Waals surface area contributed by atoms with E-state index in [9.17, 15) is 4.79 Å². The summed E-state index contributed by atoms with van der Waals surface area (Å²) < 4.78 is 0. The average molecular weight is 218 g/mol. The number of carbonyl (C=O) groups excluding carboxylic acids is 1. The maximum absolute atomic E-state index is 10.4. The van der Waals surface area contributed by atoms with E-state index >= 15 is 0 Å². The van der Waals surface area contributed by atoms with Gasteiger partial charge in [-0.15, -0.1) is 0 Å². The molecule has 2 aromatic rings. The molecule has 0 bridgehead atoms. The van der Waals surface area contributed by atoms with Crippen LogP contribution in [0.4, 0.5) is 0 Å². The van der Waals surface area contributed by atoms with Gasteiger partial charge in [-0.25, -0.2) is 0 Å². The molecule has 0 unspecified atom stereocenters. The summed E-state index contributed by atoms with van der Waals surface area (Å²) >= 11 is 5.88. The Hall–Kier alpha value is -1.67. The molecule has 0 fully saturated rings. The Bertz CT molecular complexity index is 479. The second-order valence-corrected chi connectivity index (χ2v) is 3.54. The highest BCUT2D eigenvalue weighted by molar-refractivity contribution is 6.30. The maximum atomic E-state index is 10.4. The maximum Gasteiger partial charge on any atom is 0.168 e. The van der Waals surface area contributed by atoms with E-state index in [0.717, 1.165) is 17.4 Å². The van der Waals surface area contributed by atoms with Crippen LogP contribution in [-0.4, -0.2) is 11.3 Å². The number of carbonyl (C=O) groups is 1. The van der Waals surface area contributed by atoms with Crippen molar-refractivity contribution < 1.29 is 4.79 Å². The molecular formula is C12H8ClNO. The Kier molecular flexibility index (Phi) is 2.79. The van der Waals surface area contributed by atoms with Crippen molar-refractivity contribution in [1.29, 1.82) is 0 Å². The van der Waals surface area contributed by atoms with E-state index in [2.05, 4.69) is 4.98 Å². The van der Waals surface area contributed by atoms with Crippen molar-refractivity contribution in [2.45, 2.75) is 0 Å². The summed E-state index contributed by atoms with van der Waals surface area (Å²) in [5.41, 5.74) is 2.37. The Labute approximate surface area is 92.5 Å². The minimum atomic E-state index is 0.431. The molecule has 1 aromatic carbocycles. The van der Waals surface area contributed by atoms with E-state index in [4.69, 9.17) is 11.6 Å². The minimum Gasteiger partial charge on any atom is -0.296 e. The lowest BCUT2D eigenvalue weighted by Crippen LogP contribution is -1.86. The molecule has 74 valence electrons. The topological polar surface area (TPSA) is 30.0 Å². The standard InChI is InChI=1S/C12H8ClNO/c13-11-3-1-2-9(6-11)10-4-5-12(8-15)14-7-10/h1-8H. The summed E-state index contributed by atoms with van der Waals surface area (Å²) in [5.74, 6) is 0. The highest BCUT2D eigenvalue weighted by atomic mass is 35.5. The minimum absolute atomic E-state index is 0.431. The number of aromatic nitrogens is 1. The lowest BCUT2D eigenvalue weighted by Gasteiger charge is -2.01. The van der Waals surface area contributed by atoms with Crippen LogP contribution in [-0.2, 0) is 0 Å². The fourth-order valence-electron chi connectivity index (χ4n) is 1.31. The number of aldehydes is 1. The number of benzene rings is 1. The molecule has 15 heavy (non-hydrogen) atoms. The van der Waals surface area contributed by atoms with Crippen LogP contribution in [0, 0.1) is 0 Å². The molecule has 0 atom stereocenters. The van der Waals surface area contributed by atoms with E-state index in [1.54, 1.807) is 12.3 Å². The second-order valence-electron chi connectivity index (χ2n) is 3.10. The van der Waals surface area contributed by atoms with Crippen LogP contribution >= 0.6 is 11.6 Å². The van der Waals surface area contributed by atoms with Gasteiger partial charge in [-0.1, -0.05) is 29.8 Å². The molecule has 2 nitrogen and oxygen atoms in total. The van der Waals surface area contributed by atoms with Crippen molar-refractivity contribution in [2.75, 3.05) is 0 Å². The van der Waals surface area contributed by atoms with Crippen LogP contribution in [0.3, 0.4) is 0 Å². The Morgan fingerprint density at radius 2 is 2.00 bits per heavy atom. The molecule has 0 aliphatic carbocycles. The smallest absolute Gasteiger partial charge is 0.168 e. The summed E-state index contributed by atoms with van der Waals surface area (Å²) in [7, 11) is 0. The molecule has 0 N–H and O–H groups in total. The van der Waals surface area contributed by atoms with Crippen molar-refractivity contribution in [3.05, 3.63) is 53.3 Å². The zero-order chi connectivity index (χ0) is 10.7. The number of hydrogen-bond acceptors (Lipinski definition) is 2. The van der Waals surface area contributed by atoms with Crippen LogP contribution in [0.5, 0.6) is 0 Å². The molecule has 0 saturated carbocycles. The molecule has 0 aliphatic rings. The number of rotatable bonds is 2. The van der Waals surface area contributed by atoms with Gasteiger partial charge in [-0.3, -0.25) is 9.78 Å². The monoisotopic (exact) mass is 217 g/mol. The van der Waals surface area contributed by atoms with E-state index in [0.29, 0.717) is 10.7 Å². The molecule has 2 rings (SSSR count). The Balaban J connectivity index is 2.41. The molecule has 0 saturated heterocycles. The summed E-state index contributed by atoms with van der Waals surface area (Å²) in [5, 5.41) is 0.687. The van der Waals surface area contributed by atoms with Crippen molar-refractivity contribution in [3.63, 3.8) is 0 Å². The third-order valence-electron chi connectivity index (χ3n) is 2.07. The summed E-state index contributed by atoms with van der Waals surface area (Å²) in [6.07, 6.45) is 2.39. The fraction of sp³-hybridized carbons (Fsp3) is 0. The van der Waals surface area contributed by atoms with Crippen molar-refractivity contribution in [3.8, 4) is 11.1 Å². The van der Waals surface area contributed by atoms with E-state index < -0.39 is 0 Å². The predicted octanol–water partition coefficient (Wildman–Crippen LogP) is 3.21. The third-order valence-corrected chi connectivity index (χ3v) is 2.30. The average Bonchev–Trinajstić information content (AvgIpc) is 2.29. The molecule has 0 aliphatic heterocycles. The van der Waals surface area contributed by atoms with Crippen LogP contribution in [0.25, 0.3) is 11.1 Å². The van der Waals surface area contributed by atoms with Gasteiger partial charge in [0.1, 0.15) is 5.69 Å². The van der Waals surface area contributed by atoms with Gasteiger partial charge in [0, 0.05) is 16.8 Å². The zero-order valence-electron chi connectivity index (χ0n) is 7.85. The first-order valence-corrected chi connectivity index (χ1v) is 4.84. The van der Waals surface area contributed by atoms with E-state index in [1.807, 2.05) is 30.3 Å². The van der Waals surface area contributed by atoms with Gasteiger partial charge >= 0.3 is 0 Å². The SMILES string of the molecule is O=Cc1ccc(-c2cccc(Cl)c2)cn1. The Morgan fingerprint density at radius 1 is 1.13 bits per heavy atom. The first-order chi connectivity index (χ1) is 7.29. The molecule has 1 aromatic heterocycles. The van der Waals surface area contributed by atoms with Gasteiger partial charge in [0.2, 0.25) is 0 Å². The van der Waals surface area contributed by atoms with Gasteiger partial charge in [0.25, 0.3) is 0 Å². The highest BCUT2D eigenvalue weighted by Gasteiger charge is 1.99. The van der Waals surface area contributed by atoms with Crippen LogP contribution in [0.15, 0.2) is 42.6 Å². The Morgan fingerprint density at radius 3 is 2.60 bits per heavy atom. The molecule has 1 heterocycles. The van der Waals surface area contributed by atoms with Gasteiger partial charge in [-0.05, 0) is 23.8 Å². The molecule has 0 radical (unpaired) electrons. The fourth-order valence-corrected chi connectivity index (χ4v) is 1.50. The predicted molar refractivity (Wildman–Crippen MR) is 60.1 cm³/mol. The zero-order valence-corrected chi connectivity index (χ0v) is 8.61. The lowest BCUT2D eigenvalue weighted by molar-refractivity contribution is 0.111. The molecule has 0 amide bonds. The first-order valence-electron chi connectivity index (χ1n) is 4.47. The summed E-state index contributed by atoms with van der Waals surface area (Å²) in [4.78, 5) is 14.4. The van der Waals surface area contributed by atoms with Crippen molar-refractivity contribution in [2.24, 2.45) is 0 Å². The van der Waals surface area contributed by atoms with Crippen LogP contribution in [0.2, 0.25) is 5.02 Å². The van der Waals surface area contributed by atoms with Gasteiger partial charge in [0.15, 0.2) is 6.29 Å². The number of halogens is 1. The van der Waals surface area contributed by atoms with Crippen molar-refractivity contribution in [1.82, 2.24) is 4.98 Å². The quantitative estimate of drug-likeness (QED) is 0.723. The lowest BCUT2D eigenvalue weighted by atomic mass is 10.1. The van der Waals surface area contributed by atoms with Gasteiger partial charge in [0.05, 0.1) is 0 Å².